The van der Waals surface area contributed by atoms with Gasteiger partial charge in [0.15, 0.2) is 12.4 Å². The van der Waals surface area contributed by atoms with E-state index in [9.17, 15) is 9.59 Å². The summed E-state index contributed by atoms with van der Waals surface area (Å²) in [5.41, 5.74) is 1.02. The maximum Gasteiger partial charge on any atom is 0.339 e. The summed E-state index contributed by atoms with van der Waals surface area (Å²) < 4.78 is 5.14. The van der Waals surface area contributed by atoms with E-state index in [1.54, 1.807) is 24.3 Å². The van der Waals surface area contributed by atoms with Crippen molar-refractivity contribution in [2.45, 2.75) is 6.10 Å². The fourth-order valence-corrected chi connectivity index (χ4v) is 1.49. The molecule has 0 aliphatic carbocycles. The van der Waals surface area contributed by atoms with E-state index in [4.69, 9.17) is 4.74 Å². The number of esters is 1. The number of ether oxygens (including phenoxy) is 1. The molecule has 4 heteroatoms. The Balaban J connectivity index is 2.13. The predicted molar refractivity (Wildman–Crippen MR) is 64.9 cm³/mol. The molecule has 0 amide bonds. The Hall–Kier alpha value is -2.49. The number of aromatic nitrogens is 1. The Morgan fingerprint density at radius 1 is 1.11 bits per heavy atom. The van der Waals surface area contributed by atoms with Crippen molar-refractivity contribution < 1.29 is 14.3 Å². The van der Waals surface area contributed by atoms with Gasteiger partial charge in [-0.15, -0.1) is 0 Å². The van der Waals surface area contributed by atoms with E-state index >= 15 is 0 Å². The average molecular weight is 241 g/mol. The van der Waals surface area contributed by atoms with Crippen LogP contribution in [0.4, 0.5) is 0 Å². The number of carbonyl (C=O) groups is 2. The van der Waals surface area contributed by atoms with Gasteiger partial charge in [-0.2, -0.15) is 0 Å². The maximum absolute atomic E-state index is 11.8. The molecule has 0 saturated heterocycles. The zero-order valence-electron chi connectivity index (χ0n) is 9.52. The van der Waals surface area contributed by atoms with Gasteiger partial charge in [-0.3, -0.25) is 9.78 Å². The van der Waals surface area contributed by atoms with Gasteiger partial charge in [0.2, 0.25) is 0 Å². The van der Waals surface area contributed by atoms with Crippen molar-refractivity contribution in [3.63, 3.8) is 0 Å². The zero-order chi connectivity index (χ0) is 12.8. The Labute approximate surface area is 104 Å². The fraction of sp³-hybridized carbons (Fsp3) is 0.0714. The maximum atomic E-state index is 11.8. The predicted octanol–water partition coefficient (Wildman–Crippen LogP) is 2.18. The highest BCUT2D eigenvalue weighted by molar-refractivity contribution is 5.90. The fourth-order valence-electron chi connectivity index (χ4n) is 1.49. The summed E-state index contributed by atoms with van der Waals surface area (Å²) >= 11 is 0. The first-order valence-corrected chi connectivity index (χ1v) is 5.42. The van der Waals surface area contributed by atoms with Gasteiger partial charge in [-0.1, -0.05) is 30.3 Å². The first-order chi connectivity index (χ1) is 8.81. The second-order valence-corrected chi connectivity index (χ2v) is 3.61. The van der Waals surface area contributed by atoms with E-state index in [1.807, 2.05) is 6.07 Å². The lowest BCUT2D eigenvalue weighted by molar-refractivity contribution is -0.115. The molecule has 0 bridgehead atoms. The van der Waals surface area contributed by atoms with Crippen LogP contribution in [0.2, 0.25) is 0 Å². The minimum absolute atomic E-state index is 0.368. The van der Waals surface area contributed by atoms with Crippen molar-refractivity contribution in [3.8, 4) is 0 Å². The molecule has 0 aliphatic heterocycles. The number of hydrogen-bond acceptors (Lipinski definition) is 4. The number of nitrogens with zero attached hydrogens (tertiary/aromatic N) is 1. The van der Waals surface area contributed by atoms with Gasteiger partial charge in [0.05, 0.1) is 5.56 Å². The Morgan fingerprint density at radius 3 is 2.39 bits per heavy atom. The Kier molecular flexibility index (Phi) is 3.81. The molecule has 90 valence electrons. The van der Waals surface area contributed by atoms with Crippen LogP contribution in [0.1, 0.15) is 22.0 Å². The second-order valence-electron chi connectivity index (χ2n) is 3.61. The highest BCUT2D eigenvalue weighted by atomic mass is 16.5. The van der Waals surface area contributed by atoms with Crippen LogP contribution in [-0.2, 0) is 9.53 Å². The van der Waals surface area contributed by atoms with Crippen LogP contribution in [0.15, 0.2) is 54.9 Å². The first kappa shape index (κ1) is 12.0. The van der Waals surface area contributed by atoms with E-state index in [1.165, 1.54) is 24.5 Å². The van der Waals surface area contributed by atoms with Crippen molar-refractivity contribution >= 4 is 12.3 Å². The highest BCUT2D eigenvalue weighted by Gasteiger charge is 2.16. The first-order valence-electron chi connectivity index (χ1n) is 5.42. The molecule has 0 spiro atoms. The third-order valence-electron chi connectivity index (χ3n) is 2.40. The smallest absolute Gasteiger partial charge is 0.339 e. The van der Waals surface area contributed by atoms with Crippen molar-refractivity contribution in [1.82, 2.24) is 4.98 Å². The number of rotatable bonds is 4. The minimum atomic E-state index is -0.883. The highest BCUT2D eigenvalue weighted by Crippen LogP contribution is 2.16. The largest absolute Gasteiger partial charge is 0.446 e. The lowest BCUT2D eigenvalue weighted by Gasteiger charge is -2.12. The summed E-state index contributed by atoms with van der Waals surface area (Å²) in [7, 11) is 0. The molecule has 1 heterocycles. The number of hydrogen-bond donors (Lipinski definition) is 0. The van der Waals surface area contributed by atoms with Gasteiger partial charge in [0, 0.05) is 12.4 Å². The van der Waals surface area contributed by atoms with Gasteiger partial charge in [0.25, 0.3) is 0 Å². The molecule has 1 aromatic heterocycles. The lowest BCUT2D eigenvalue weighted by atomic mass is 10.1. The zero-order valence-corrected chi connectivity index (χ0v) is 9.52. The number of carbonyl (C=O) groups excluding carboxylic acids is 2. The Bertz CT molecular complexity index is 525. The van der Waals surface area contributed by atoms with E-state index in [2.05, 4.69) is 4.98 Å². The molecule has 1 atom stereocenters. The molecule has 2 aromatic rings. The summed E-state index contributed by atoms with van der Waals surface area (Å²) in [6.07, 6.45) is 2.71. The van der Waals surface area contributed by atoms with Crippen molar-refractivity contribution in [2.24, 2.45) is 0 Å². The third-order valence-corrected chi connectivity index (χ3v) is 2.40. The van der Waals surface area contributed by atoms with Gasteiger partial charge in [-0.05, 0) is 17.7 Å². The SMILES string of the molecule is O=CC(OC(=O)c1ccncc1)c1ccccc1. The molecular formula is C14H11NO3. The van der Waals surface area contributed by atoms with Crippen LogP contribution in [-0.4, -0.2) is 17.2 Å². The lowest BCUT2D eigenvalue weighted by Crippen LogP contribution is -2.12. The van der Waals surface area contributed by atoms with Gasteiger partial charge < -0.3 is 4.74 Å². The Morgan fingerprint density at radius 2 is 1.78 bits per heavy atom. The molecule has 1 unspecified atom stereocenters. The van der Waals surface area contributed by atoms with E-state index < -0.39 is 12.1 Å². The van der Waals surface area contributed by atoms with Crippen LogP contribution in [0, 0.1) is 0 Å². The summed E-state index contributed by atoms with van der Waals surface area (Å²) in [4.78, 5) is 26.6. The van der Waals surface area contributed by atoms with Crippen molar-refractivity contribution in [1.29, 1.82) is 0 Å². The van der Waals surface area contributed by atoms with Crippen LogP contribution >= 0.6 is 0 Å². The molecule has 4 nitrogen and oxygen atoms in total. The monoisotopic (exact) mass is 241 g/mol. The molecule has 0 fully saturated rings. The normalized spacial score (nSPS) is 11.6. The number of pyridine rings is 1. The molecule has 0 N–H and O–H groups in total. The third kappa shape index (κ3) is 2.79. The van der Waals surface area contributed by atoms with Crippen molar-refractivity contribution in [2.75, 3.05) is 0 Å². The number of aldehydes is 1. The molecule has 1 aromatic carbocycles. The summed E-state index contributed by atoms with van der Waals surface area (Å²) in [6.45, 7) is 0. The van der Waals surface area contributed by atoms with Gasteiger partial charge in [0.1, 0.15) is 0 Å². The van der Waals surface area contributed by atoms with Crippen LogP contribution in [0.3, 0.4) is 0 Å². The topological polar surface area (TPSA) is 56.3 Å². The van der Waals surface area contributed by atoms with Crippen molar-refractivity contribution in [3.05, 3.63) is 66.0 Å². The summed E-state index contributed by atoms with van der Waals surface area (Å²) in [5.74, 6) is -0.543. The van der Waals surface area contributed by atoms with E-state index in [-0.39, 0.29) is 0 Å². The van der Waals surface area contributed by atoms with Crippen LogP contribution in [0.25, 0.3) is 0 Å². The summed E-state index contributed by atoms with van der Waals surface area (Å²) in [6, 6.07) is 11.9. The molecule has 18 heavy (non-hydrogen) atoms. The van der Waals surface area contributed by atoms with E-state index in [0.29, 0.717) is 17.4 Å². The number of benzene rings is 1. The van der Waals surface area contributed by atoms with Gasteiger partial charge >= 0.3 is 5.97 Å². The summed E-state index contributed by atoms with van der Waals surface area (Å²) in [5, 5.41) is 0. The molecule has 0 radical (unpaired) electrons. The van der Waals surface area contributed by atoms with E-state index in [0.717, 1.165) is 0 Å². The minimum Gasteiger partial charge on any atom is -0.446 e. The van der Waals surface area contributed by atoms with Gasteiger partial charge in [-0.25, -0.2) is 4.79 Å². The second kappa shape index (κ2) is 5.72. The van der Waals surface area contributed by atoms with Crippen LogP contribution in [0.5, 0.6) is 0 Å². The molecular weight excluding hydrogens is 230 g/mol. The quantitative estimate of drug-likeness (QED) is 0.608. The molecule has 0 saturated carbocycles. The van der Waals surface area contributed by atoms with Crippen LogP contribution < -0.4 is 0 Å². The molecule has 0 aliphatic rings. The average Bonchev–Trinajstić information content (AvgIpc) is 2.46. The standard InChI is InChI=1S/C14H11NO3/c16-10-13(11-4-2-1-3-5-11)18-14(17)12-6-8-15-9-7-12/h1-10,13H. The molecule has 2 rings (SSSR count).